The number of hydrogen-bond donors (Lipinski definition) is 0. The molecule has 14 heavy (non-hydrogen) atoms. The molecule has 0 radical (unpaired) electrons. The van der Waals surface area contributed by atoms with Crippen LogP contribution >= 0.6 is 0 Å². The van der Waals surface area contributed by atoms with Crippen molar-refractivity contribution >= 4 is 0 Å². The molecule has 1 unspecified atom stereocenters. The molecule has 0 aromatic carbocycles. The van der Waals surface area contributed by atoms with Crippen molar-refractivity contribution in [1.82, 2.24) is 9.55 Å². The van der Waals surface area contributed by atoms with E-state index in [1.54, 1.807) is 0 Å². The number of nitrogens with zero attached hydrogens (tertiary/aromatic N) is 2. The van der Waals surface area contributed by atoms with Crippen molar-refractivity contribution in [2.45, 2.75) is 51.5 Å². The molecule has 0 spiro atoms. The van der Waals surface area contributed by atoms with Gasteiger partial charge in [0.2, 0.25) is 0 Å². The Morgan fingerprint density at radius 3 is 2.93 bits per heavy atom. The summed E-state index contributed by atoms with van der Waals surface area (Å²) in [6.07, 6.45) is 8.96. The fraction of sp³-hybridized carbons (Fsp3) is 0.750. The van der Waals surface area contributed by atoms with Gasteiger partial charge >= 0.3 is 0 Å². The molecule has 2 aliphatic rings. The molecule has 1 atom stereocenters. The molecule has 0 saturated heterocycles. The van der Waals surface area contributed by atoms with Gasteiger partial charge in [-0.25, -0.2) is 4.98 Å². The Hall–Kier alpha value is -0.790. The van der Waals surface area contributed by atoms with Crippen LogP contribution in [0.4, 0.5) is 0 Å². The van der Waals surface area contributed by atoms with Gasteiger partial charge in [0.25, 0.3) is 0 Å². The Bertz CT molecular complexity index is 336. The SMILES string of the molecule is CC1CCc2nc(C3CCC3)cn2C1. The van der Waals surface area contributed by atoms with Gasteiger partial charge in [0.05, 0.1) is 5.69 Å². The van der Waals surface area contributed by atoms with Gasteiger partial charge in [0, 0.05) is 25.1 Å². The molecule has 1 aromatic rings. The van der Waals surface area contributed by atoms with E-state index in [4.69, 9.17) is 4.98 Å². The second-order valence-electron chi connectivity index (χ2n) is 5.01. The standard InChI is InChI=1S/C12H18N2/c1-9-5-6-12-13-11(8-14(12)7-9)10-3-2-4-10/h8-10H,2-7H2,1H3. The maximum atomic E-state index is 4.77. The summed E-state index contributed by atoms with van der Waals surface area (Å²) in [4.78, 5) is 4.77. The predicted octanol–water partition coefficient (Wildman–Crippen LogP) is 2.73. The van der Waals surface area contributed by atoms with Gasteiger partial charge in [-0.15, -0.1) is 0 Å². The molecule has 1 aliphatic heterocycles. The minimum absolute atomic E-state index is 0.795. The number of rotatable bonds is 1. The summed E-state index contributed by atoms with van der Waals surface area (Å²) in [5.74, 6) is 2.97. The highest BCUT2D eigenvalue weighted by molar-refractivity contribution is 5.13. The Morgan fingerprint density at radius 1 is 1.36 bits per heavy atom. The molecule has 76 valence electrons. The lowest BCUT2D eigenvalue weighted by Gasteiger charge is -2.22. The zero-order valence-corrected chi connectivity index (χ0v) is 8.87. The van der Waals surface area contributed by atoms with Crippen molar-refractivity contribution in [2.75, 3.05) is 0 Å². The lowest BCUT2D eigenvalue weighted by Crippen LogP contribution is -2.17. The third-order valence-electron chi connectivity index (χ3n) is 3.77. The summed E-state index contributed by atoms with van der Waals surface area (Å²) in [6.45, 7) is 3.53. The van der Waals surface area contributed by atoms with E-state index >= 15 is 0 Å². The highest BCUT2D eigenvalue weighted by Crippen LogP contribution is 2.36. The first-order valence-corrected chi connectivity index (χ1v) is 5.89. The van der Waals surface area contributed by atoms with Crippen LogP contribution in [0.3, 0.4) is 0 Å². The predicted molar refractivity (Wildman–Crippen MR) is 56.3 cm³/mol. The van der Waals surface area contributed by atoms with E-state index in [2.05, 4.69) is 17.7 Å². The van der Waals surface area contributed by atoms with Crippen LogP contribution < -0.4 is 0 Å². The number of imidazole rings is 1. The number of aromatic nitrogens is 2. The molecule has 2 heteroatoms. The highest BCUT2D eigenvalue weighted by atomic mass is 15.1. The Kier molecular flexibility index (Phi) is 1.89. The van der Waals surface area contributed by atoms with Crippen molar-refractivity contribution in [3.8, 4) is 0 Å². The van der Waals surface area contributed by atoms with Crippen molar-refractivity contribution in [2.24, 2.45) is 5.92 Å². The molecule has 3 rings (SSSR count). The number of aryl methyl sites for hydroxylation is 1. The average molecular weight is 190 g/mol. The first-order valence-electron chi connectivity index (χ1n) is 5.89. The lowest BCUT2D eigenvalue weighted by molar-refractivity contribution is 0.394. The molecular formula is C12H18N2. The van der Waals surface area contributed by atoms with Crippen molar-refractivity contribution in [3.63, 3.8) is 0 Å². The molecule has 0 bridgehead atoms. The minimum atomic E-state index is 0.795. The third-order valence-corrected chi connectivity index (χ3v) is 3.77. The van der Waals surface area contributed by atoms with Gasteiger partial charge in [0.1, 0.15) is 5.82 Å². The van der Waals surface area contributed by atoms with Crippen LogP contribution in [-0.2, 0) is 13.0 Å². The van der Waals surface area contributed by atoms with Crippen LogP contribution in [0, 0.1) is 5.92 Å². The van der Waals surface area contributed by atoms with E-state index in [0.717, 1.165) is 11.8 Å². The Balaban J connectivity index is 1.87. The van der Waals surface area contributed by atoms with Crippen LogP contribution in [0.5, 0.6) is 0 Å². The highest BCUT2D eigenvalue weighted by Gasteiger charge is 2.25. The van der Waals surface area contributed by atoms with E-state index in [1.807, 2.05) is 0 Å². The van der Waals surface area contributed by atoms with Crippen LogP contribution in [0.15, 0.2) is 6.20 Å². The summed E-state index contributed by atoms with van der Waals surface area (Å²) in [5, 5.41) is 0. The van der Waals surface area contributed by atoms with E-state index in [-0.39, 0.29) is 0 Å². The van der Waals surface area contributed by atoms with Crippen LogP contribution in [0.2, 0.25) is 0 Å². The number of hydrogen-bond acceptors (Lipinski definition) is 1. The molecular weight excluding hydrogens is 172 g/mol. The monoisotopic (exact) mass is 190 g/mol. The van der Waals surface area contributed by atoms with Crippen molar-refractivity contribution in [3.05, 3.63) is 17.7 Å². The molecule has 0 amide bonds. The first kappa shape index (κ1) is 8.51. The van der Waals surface area contributed by atoms with Crippen LogP contribution in [-0.4, -0.2) is 9.55 Å². The topological polar surface area (TPSA) is 17.8 Å². The Morgan fingerprint density at radius 2 is 2.21 bits per heavy atom. The van der Waals surface area contributed by atoms with Crippen molar-refractivity contribution in [1.29, 1.82) is 0 Å². The summed E-state index contributed by atoms with van der Waals surface area (Å²) in [5.41, 5.74) is 1.38. The summed E-state index contributed by atoms with van der Waals surface area (Å²) >= 11 is 0. The molecule has 2 heterocycles. The summed E-state index contributed by atoms with van der Waals surface area (Å²) < 4.78 is 2.39. The molecule has 1 fully saturated rings. The van der Waals surface area contributed by atoms with Crippen molar-refractivity contribution < 1.29 is 0 Å². The second-order valence-corrected chi connectivity index (χ2v) is 5.01. The molecule has 1 saturated carbocycles. The first-order chi connectivity index (χ1) is 6.83. The fourth-order valence-electron chi connectivity index (χ4n) is 2.54. The summed E-state index contributed by atoms with van der Waals surface area (Å²) in [6, 6.07) is 0. The molecule has 1 aromatic heterocycles. The summed E-state index contributed by atoms with van der Waals surface area (Å²) in [7, 11) is 0. The smallest absolute Gasteiger partial charge is 0.108 e. The largest absolute Gasteiger partial charge is 0.334 e. The zero-order valence-electron chi connectivity index (χ0n) is 8.87. The third kappa shape index (κ3) is 1.28. The normalized spacial score (nSPS) is 27.1. The van der Waals surface area contributed by atoms with Gasteiger partial charge in [0.15, 0.2) is 0 Å². The van der Waals surface area contributed by atoms with Gasteiger partial charge in [-0.05, 0) is 25.2 Å². The van der Waals surface area contributed by atoms with E-state index in [0.29, 0.717) is 0 Å². The maximum Gasteiger partial charge on any atom is 0.108 e. The van der Waals surface area contributed by atoms with Crippen LogP contribution in [0.1, 0.15) is 50.0 Å². The quantitative estimate of drug-likeness (QED) is 0.665. The maximum absolute atomic E-state index is 4.77. The molecule has 2 nitrogen and oxygen atoms in total. The second kappa shape index (κ2) is 3.11. The lowest BCUT2D eigenvalue weighted by atomic mass is 9.83. The van der Waals surface area contributed by atoms with E-state index in [9.17, 15) is 0 Å². The van der Waals surface area contributed by atoms with Crippen LogP contribution in [0.25, 0.3) is 0 Å². The van der Waals surface area contributed by atoms with Gasteiger partial charge in [-0.3, -0.25) is 0 Å². The minimum Gasteiger partial charge on any atom is -0.334 e. The van der Waals surface area contributed by atoms with Gasteiger partial charge < -0.3 is 4.57 Å². The Labute approximate surface area is 85.3 Å². The molecule has 1 aliphatic carbocycles. The van der Waals surface area contributed by atoms with E-state index in [1.165, 1.54) is 50.2 Å². The average Bonchev–Trinajstić information content (AvgIpc) is 2.43. The number of fused-ring (bicyclic) bond motifs is 1. The fourth-order valence-corrected chi connectivity index (χ4v) is 2.54. The van der Waals surface area contributed by atoms with E-state index < -0.39 is 0 Å². The van der Waals surface area contributed by atoms with Gasteiger partial charge in [-0.2, -0.15) is 0 Å². The molecule has 0 N–H and O–H groups in total. The zero-order chi connectivity index (χ0) is 9.54. The van der Waals surface area contributed by atoms with Gasteiger partial charge in [-0.1, -0.05) is 13.3 Å².